The Kier molecular flexibility index (Phi) is 0.894. The zero-order valence-electron chi connectivity index (χ0n) is 3.05. The van der Waals surface area contributed by atoms with Gasteiger partial charge in [-0.25, -0.2) is 4.41 Å². The Morgan fingerprint density at radius 3 is 2.67 bits per heavy atom. The molecule has 0 aliphatic carbocycles. The molecule has 0 saturated heterocycles. The van der Waals surface area contributed by atoms with E-state index in [-0.39, 0.29) is 0 Å². The number of nitrogens with one attached hydrogen (secondary N) is 2. The van der Waals surface area contributed by atoms with Crippen molar-refractivity contribution >= 4 is 12.8 Å². The van der Waals surface area contributed by atoms with Crippen molar-refractivity contribution in [1.29, 1.82) is 0 Å². The summed E-state index contributed by atoms with van der Waals surface area (Å²) >= 11 is 3.87. The monoisotopic (exact) mass is 103 g/mol. The first-order chi connectivity index (χ1) is 2.89. The lowest BCUT2D eigenvalue weighted by atomic mass is 11.0. The van der Waals surface area contributed by atoms with Gasteiger partial charge in [0.15, 0.2) is 0 Å². The molecule has 1 rings (SSSR count). The molecule has 0 radical (unpaired) electrons. The molecule has 1 aliphatic heterocycles. The average Bonchev–Trinajstić information content (AvgIpc) is 1.86. The molecule has 0 unspecified atom stereocenters. The van der Waals surface area contributed by atoms with Gasteiger partial charge in [-0.3, -0.25) is 0 Å². The average molecular weight is 103 g/mol. The summed E-state index contributed by atoms with van der Waals surface area (Å²) < 4.78 is 1.51. The fraction of sp³-hybridized carbons (Fsp3) is 0. The lowest BCUT2D eigenvalue weighted by molar-refractivity contribution is 0.455. The van der Waals surface area contributed by atoms with Crippen LogP contribution in [0.5, 0.6) is 0 Å². The normalized spacial score (nSPS) is 18.5. The highest BCUT2D eigenvalue weighted by atomic mass is 32.1. The molecule has 0 aromatic rings. The van der Waals surface area contributed by atoms with Crippen LogP contribution in [0.2, 0.25) is 0 Å². The van der Waals surface area contributed by atoms with Gasteiger partial charge < -0.3 is 5.43 Å². The van der Waals surface area contributed by atoms with E-state index in [1.54, 1.807) is 12.4 Å². The van der Waals surface area contributed by atoms with Crippen LogP contribution in [0.4, 0.5) is 0 Å². The summed E-state index contributed by atoms with van der Waals surface area (Å²) in [4.78, 5) is 0. The van der Waals surface area contributed by atoms with Crippen molar-refractivity contribution in [3.05, 3.63) is 12.4 Å². The third-order valence-electron chi connectivity index (χ3n) is 0.478. The SMILES string of the molecule is SN1C=CNN1. The van der Waals surface area contributed by atoms with Crippen LogP contribution in [0, 0.1) is 0 Å². The van der Waals surface area contributed by atoms with Crippen molar-refractivity contribution in [2.24, 2.45) is 0 Å². The summed E-state index contributed by atoms with van der Waals surface area (Å²) in [6.07, 6.45) is 3.50. The van der Waals surface area contributed by atoms with Crippen molar-refractivity contribution < 1.29 is 0 Å². The number of nitrogens with zero attached hydrogens (tertiary/aromatic N) is 1. The van der Waals surface area contributed by atoms with E-state index in [1.807, 2.05) is 0 Å². The number of hydrogen-bond acceptors (Lipinski definition) is 4. The largest absolute Gasteiger partial charge is 0.309 e. The predicted molar refractivity (Wildman–Crippen MR) is 26.2 cm³/mol. The van der Waals surface area contributed by atoms with Gasteiger partial charge in [-0.05, 0) is 12.8 Å². The highest BCUT2D eigenvalue weighted by molar-refractivity contribution is 7.77. The Hall–Kier alpha value is -0.350. The molecule has 34 valence electrons. The van der Waals surface area contributed by atoms with Crippen molar-refractivity contribution in [3.8, 4) is 0 Å². The van der Waals surface area contributed by atoms with E-state index in [1.165, 1.54) is 4.41 Å². The van der Waals surface area contributed by atoms with Crippen LogP contribution in [0.3, 0.4) is 0 Å². The zero-order chi connectivity index (χ0) is 4.41. The highest BCUT2D eigenvalue weighted by Gasteiger charge is 1.90. The minimum atomic E-state index is 1.51. The van der Waals surface area contributed by atoms with E-state index in [2.05, 4.69) is 23.8 Å². The second kappa shape index (κ2) is 1.40. The van der Waals surface area contributed by atoms with Crippen molar-refractivity contribution in [2.45, 2.75) is 0 Å². The van der Waals surface area contributed by atoms with E-state index in [4.69, 9.17) is 0 Å². The predicted octanol–water partition coefficient (Wildman–Crippen LogP) is -0.373. The van der Waals surface area contributed by atoms with Crippen LogP contribution in [0.1, 0.15) is 0 Å². The summed E-state index contributed by atoms with van der Waals surface area (Å²) in [5.74, 6) is 0. The molecule has 0 spiro atoms. The van der Waals surface area contributed by atoms with Gasteiger partial charge in [-0.15, -0.1) is 5.53 Å². The molecule has 1 aliphatic rings. The molecule has 0 atom stereocenters. The Bertz CT molecular complexity index is 71.2. The van der Waals surface area contributed by atoms with E-state index >= 15 is 0 Å². The van der Waals surface area contributed by atoms with Crippen molar-refractivity contribution in [2.75, 3.05) is 0 Å². The standard InChI is InChI=1S/C2H5N3S/c6-5-2-1-3-4-5/h1-4,6H. The van der Waals surface area contributed by atoms with E-state index < -0.39 is 0 Å². The van der Waals surface area contributed by atoms with Gasteiger partial charge in [0.1, 0.15) is 0 Å². The molecule has 0 bridgehead atoms. The smallest absolute Gasteiger partial charge is 0.0473 e. The molecule has 0 amide bonds. The maximum Gasteiger partial charge on any atom is 0.0473 e. The van der Waals surface area contributed by atoms with Crippen LogP contribution in [-0.4, -0.2) is 4.41 Å². The summed E-state index contributed by atoms with van der Waals surface area (Å²) in [7, 11) is 0. The minimum Gasteiger partial charge on any atom is -0.309 e. The molecule has 0 aromatic carbocycles. The number of hydrazine groups is 2. The second-order valence-corrected chi connectivity index (χ2v) is 1.35. The third-order valence-corrected chi connectivity index (χ3v) is 0.712. The van der Waals surface area contributed by atoms with Gasteiger partial charge in [-0.2, -0.15) is 0 Å². The maximum absolute atomic E-state index is 3.87. The molecule has 3 nitrogen and oxygen atoms in total. The topological polar surface area (TPSA) is 27.3 Å². The van der Waals surface area contributed by atoms with Gasteiger partial charge in [0.2, 0.25) is 0 Å². The van der Waals surface area contributed by atoms with Crippen LogP contribution in [0.25, 0.3) is 0 Å². The van der Waals surface area contributed by atoms with Crippen LogP contribution in [0.15, 0.2) is 12.4 Å². The number of thiol groups is 1. The van der Waals surface area contributed by atoms with E-state index in [9.17, 15) is 0 Å². The van der Waals surface area contributed by atoms with Crippen molar-refractivity contribution in [3.63, 3.8) is 0 Å². The number of rotatable bonds is 0. The van der Waals surface area contributed by atoms with Gasteiger partial charge in [0, 0.05) is 12.4 Å². The molecule has 2 N–H and O–H groups in total. The molecule has 6 heavy (non-hydrogen) atoms. The molecular weight excluding hydrogens is 98.1 g/mol. The zero-order valence-corrected chi connectivity index (χ0v) is 3.94. The summed E-state index contributed by atoms with van der Waals surface area (Å²) in [5, 5.41) is 0. The maximum atomic E-state index is 3.87. The fourth-order valence-corrected chi connectivity index (χ4v) is 0.373. The first kappa shape index (κ1) is 3.83. The molecule has 1 heterocycles. The van der Waals surface area contributed by atoms with Crippen LogP contribution in [-0.2, 0) is 0 Å². The quantitative estimate of drug-likeness (QED) is 0.365. The molecule has 0 fully saturated rings. The second-order valence-electron chi connectivity index (χ2n) is 0.916. The van der Waals surface area contributed by atoms with E-state index in [0.29, 0.717) is 0 Å². The molecular formula is C2H5N3S. The van der Waals surface area contributed by atoms with Gasteiger partial charge >= 0.3 is 0 Å². The Morgan fingerprint density at radius 2 is 2.50 bits per heavy atom. The summed E-state index contributed by atoms with van der Waals surface area (Å²) in [5.41, 5.74) is 5.35. The first-order valence-electron chi connectivity index (χ1n) is 1.55. The summed E-state index contributed by atoms with van der Waals surface area (Å²) in [6, 6.07) is 0. The van der Waals surface area contributed by atoms with Gasteiger partial charge in [0.05, 0.1) is 0 Å². The van der Waals surface area contributed by atoms with Gasteiger partial charge in [-0.1, -0.05) is 0 Å². The molecule has 0 saturated carbocycles. The van der Waals surface area contributed by atoms with E-state index in [0.717, 1.165) is 0 Å². The molecule has 4 heteroatoms. The Balaban J connectivity index is 2.38. The lowest BCUT2D eigenvalue weighted by Gasteiger charge is -2.02. The van der Waals surface area contributed by atoms with Crippen LogP contribution >= 0.6 is 12.8 Å². The van der Waals surface area contributed by atoms with Crippen LogP contribution < -0.4 is 11.0 Å². The Labute approximate surface area is 41.5 Å². The third kappa shape index (κ3) is 0.580. The number of hydrogen-bond donors (Lipinski definition) is 3. The highest BCUT2D eigenvalue weighted by Crippen LogP contribution is 1.88. The Morgan fingerprint density at radius 1 is 1.67 bits per heavy atom. The minimum absolute atomic E-state index is 1.51. The fourth-order valence-electron chi connectivity index (χ4n) is 0.249. The lowest BCUT2D eigenvalue weighted by Crippen LogP contribution is -2.28. The van der Waals surface area contributed by atoms with Crippen molar-refractivity contribution in [1.82, 2.24) is 15.4 Å². The van der Waals surface area contributed by atoms with Gasteiger partial charge in [0.25, 0.3) is 0 Å². The summed E-state index contributed by atoms with van der Waals surface area (Å²) in [6.45, 7) is 0. The molecule has 0 aromatic heterocycles. The first-order valence-corrected chi connectivity index (χ1v) is 1.95.